The van der Waals surface area contributed by atoms with Gasteiger partial charge in [-0.2, -0.15) is 10.2 Å². The molecule has 0 fully saturated rings. The van der Waals surface area contributed by atoms with Gasteiger partial charge in [-0.15, -0.1) is 10.2 Å². The molecule has 1 aliphatic heterocycles. The number of ether oxygens (including phenoxy) is 1. The van der Waals surface area contributed by atoms with E-state index >= 15 is 0 Å². The number of aromatic nitrogens is 3. The first-order valence-electron chi connectivity index (χ1n) is 9.47. The molecule has 2 heterocycles. The van der Waals surface area contributed by atoms with Gasteiger partial charge in [0.15, 0.2) is 5.69 Å². The summed E-state index contributed by atoms with van der Waals surface area (Å²) in [4.78, 5) is 18.9. The molecule has 0 bridgehead atoms. The number of benzene rings is 2. The zero-order valence-electron chi connectivity index (χ0n) is 16.8. The first-order valence-corrected chi connectivity index (χ1v) is 10.5. The fourth-order valence-electron chi connectivity index (χ4n) is 3.43. The lowest BCUT2D eigenvalue weighted by molar-refractivity contribution is -0.118. The van der Waals surface area contributed by atoms with Crippen molar-refractivity contribution in [2.24, 2.45) is 0 Å². The highest BCUT2D eigenvalue weighted by Gasteiger charge is 2.35. The van der Waals surface area contributed by atoms with Crippen molar-refractivity contribution in [1.82, 2.24) is 15.2 Å². The van der Waals surface area contributed by atoms with Crippen LogP contribution in [0.4, 0.5) is 5.69 Å². The number of hydrogen-bond donors (Lipinski definition) is 0. The molecule has 1 aliphatic rings. The van der Waals surface area contributed by atoms with Crippen molar-refractivity contribution in [2.75, 3.05) is 10.7 Å². The molecule has 30 heavy (non-hydrogen) atoms. The van der Waals surface area contributed by atoms with Crippen molar-refractivity contribution >= 4 is 23.4 Å². The SMILES string of the molecule is CCSc1nnc2c(n1)O[C@H](c1ccccc1C#N)N(C(C)=O)c1ccc(C)cc1-2. The summed E-state index contributed by atoms with van der Waals surface area (Å²) in [6.07, 6.45) is -0.864. The number of nitrogens with zero attached hydrogens (tertiary/aromatic N) is 5. The maximum absolute atomic E-state index is 12.8. The summed E-state index contributed by atoms with van der Waals surface area (Å²) < 4.78 is 6.30. The average molecular weight is 417 g/mol. The Balaban J connectivity index is 2.01. The highest BCUT2D eigenvalue weighted by molar-refractivity contribution is 7.99. The molecule has 1 amide bonds. The Morgan fingerprint density at radius 2 is 2.07 bits per heavy atom. The number of carbonyl (C=O) groups excluding carboxylic acids is 1. The lowest BCUT2D eigenvalue weighted by atomic mass is 10.0. The Labute approximate surface area is 178 Å². The third-order valence-corrected chi connectivity index (χ3v) is 5.44. The van der Waals surface area contributed by atoms with Crippen LogP contribution >= 0.6 is 11.8 Å². The van der Waals surface area contributed by atoms with Crippen molar-refractivity contribution in [1.29, 1.82) is 5.26 Å². The molecule has 0 N–H and O–H groups in total. The molecule has 0 saturated carbocycles. The van der Waals surface area contributed by atoms with Gasteiger partial charge < -0.3 is 4.74 Å². The number of hydrogen-bond acceptors (Lipinski definition) is 7. The van der Waals surface area contributed by atoms with E-state index in [1.807, 2.05) is 38.1 Å². The van der Waals surface area contributed by atoms with Gasteiger partial charge in [0.1, 0.15) is 0 Å². The second kappa shape index (κ2) is 8.13. The van der Waals surface area contributed by atoms with Crippen molar-refractivity contribution in [3.05, 3.63) is 59.2 Å². The average Bonchev–Trinajstić information content (AvgIpc) is 2.88. The minimum Gasteiger partial charge on any atom is -0.447 e. The van der Waals surface area contributed by atoms with E-state index in [-0.39, 0.29) is 11.8 Å². The van der Waals surface area contributed by atoms with Crippen LogP contribution in [0, 0.1) is 18.3 Å². The minimum atomic E-state index is -0.864. The van der Waals surface area contributed by atoms with Gasteiger partial charge >= 0.3 is 0 Å². The summed E-state index contributed by atoms with van der Waals surface area (Å²) in [7, 11) is 0. The van der Waals surface area contributed by atoms with Gasteiger partial charge in [0.05, 0.1) is 17.3 Å². The van der Waals surface area contributed by atoms with Crippen LogP contribution in [0.1, 0.15) is 36.8 Å². The zero-order valence-corrected chi connectivity index (χ0v) is 17.6. The molecule has 4 rings (SSSR count). The fraction of sp³-hybridized carbons (Fsp3) is 0.227. The Hall–Kier alpha value is -3.44. The summed E-state index contributed by atoms with van der Waals surface area (Å²) in [5, 5.41) is 18.7. The largest absolute Gasteiger partial charge is 0.447 e. The van der Waals surface area contributed by atoms with Gasteiger partial charge in [-0.1, -0.05) is 48.5 Å². The molecule has 8 heteroatoms. The van der Waals surface area contributed by atoms with Gasteiger partial charge in [0.25, 0.3) is 0 Å². The number of thioether (sulfide) groups is 1. The molecular formula is C22H19N5O2S. The number of aryl methyl sites for hydroxylation is 1. The second-order valence-electron chi connectivity index (χ2n) is 6.76. The number of fused-ring (bicyclic) bond motifs is 3. The highest BCUT2D eigenvalue weighted by Crippen LogP contribution is 2.44. The molecule has 7 nitrogen and oxygen atoms in total. The van der Waals surface area contributed by atoms with Crippen LogP contribution in [0.25, 0.3) is 11.3 Å². The van der Waals surface area contributed by atoms with E-state index in [1.54, 1.807) is 23.1 Å². The Bertz CT molecular complexity index is 1170. The van der Waals surface area contributed by atoms with Crippen LogP contribution in [-0.2, 0) is 4.79 Å². The van der Waals surface area contributed by atoms with Crippen LogP contribution in [0.15, 0.2) is 47.6 Å². The van der Waals surface area contributed by atoms with Crippen LogP contribution in [-0.4, -0.2) is 26.8 Å². The van der Waals surface area contributed by atoms with Crippen LogP contribution in [0.3, 0.4) is 0 Å². The number of rotatable bonds is 3. The predicted octanol–water partition coefficient (Wildman–Crippen LogP) is 4.27. The number of nitriles is 1. The molecule has 0 saturated heterocycles. The van der Waals surface area contributed by atoms with Crippen LogP contribution in [0.2, 0.25) is 0 Å². The normalized spacial score (nSPS) is 14.7. The van der Waals surface area contributed by atoms with E-state index in [0.717, 1.165) is 11.3 Å². The van der Waals surface area contributed by atoms with Crippen LogP contribution < -0.4 is 9.64 Å². The first kappa shape index (κ1) is 19.9. The molecule has 1 atom stereocenters. The number of carbonyl (C=O) groups is 1. The standard InChI is InChI=1S/C22H19N5O2S/c1-4-30-22-24-20-19(25-26-22)17-11-13(2)9-10-18(17)27(14(3)28)21(29-20)16-8-6-5-7-15(16)12-23/h5-11,21H,4H2,1-3H3/t21-/m1/s1. The molecule has 150 valence electrons. The maximum Gasteiger partial charge on any atom is 0.247 e. The third-order valence-electron chi connectivity index (χ3n) is 4.72. The molecular weight excluding hydrogens is 398 g/mol. The van der Waals surface area contributed by atoms with Gasteiger partial charge in [-0.25, -0.2) is 0 Å². The van der Waals surface area contributed by atoms with Crippen molar-refractivity contribution in [2.45, 2.75) is 32.2 Å². The van der Waals surface area contributed by atoms with E-state index in [4.69, 9.17) is 4.74 Å². The zero-order chi connectivity index (χ0) is 21.3. The second-order valence-corrected chi connectivity index (χ2v) is 7.99. The highest BCUT2D eigenvalue weighted by atomic mass is 32.2. The summed E-state index contributed by atoms with van der Waals surface area (Å²) in [6, 6.07) is 15.0. The molecule has 0 aliphatic carbocycles. The van der Waals surface area contributed by atoms with E-state index in [0.29, 0.717) is 33.2 Å². The topological polar surface area (TPSA) is 92.0 Å². The fourth-order valence-corrected chi connectivity index (χ4v) is 3.93. The molecule has 3 aromatic rings. The van der Waals surface area contributed by atoms with Gasteiger partial charge in [-0.3, -0.25) is 9.69 Å². The first-order chi connectivity index (χ1) is 14.5. The quantitative estimate of drug-likeness (QED) is 0.588. The van der Waals surface area contributed by atoms with Crippen molar-refractivity contribution < 1.29 is 9.53 Å². The molecule has 0 spiro atoms. The van der Waals surface area contributed by atoms with E-state index < -0.39 is 6.23 Å². The smallest absolute Gasteiger partial charge is 0.247 e. The van der Waals surface area contributed by atoms with Crippen molar-refractivity contribution in [3.8, 4) is 23.2 Å². The monoisotopic (exact) mass is 417 g/mol. The van der Waals surface area contributed by atoms with Crippen LogP contribution in [0.5, 0.6) is 5.88 Å². The van der Waals surface area contributed by atoms with Crippen molar-refractivity contribution in [3.63, 3.8) is 0 Å². The van der Waals surface area contributed by atoms with E-state index in [9.17, 15) is 10.1 Å². The van der Waals surface area contributed by atoms with E-state index in [2.05, 4.69) is 21.3 Å². The minimum absolute atomic E-state index is 0.221. The van der Waals surface area contributed by atoms with Gasteiger partial charge in [0.2, 0.25) is 23.2 Å². The van der Waals surface area contributed by atoms with Gasteiger partial charge in [0, 0.05) is 18.1 Å². The Morgan fingerprint density at radius 1 is 1.27 bits per heavy atom. The van der Waals surface area contributed by atoms with Gasteiger partial charge in [-0.05, 0) is 30.9 Å². The lowest BCUT2D eigenvalue weighted by Gasteiger charge is -2.30. The molecule has 0 unspecified atom stereocenters. The molecule has 0 radical (unpaired) electrons. The summed E-state index contributed by atoms with van der Waals surface area (Å²) in [5.41, 5.74) is 3.83. The Kier molecular flexibility index (Phi) is 5.38. The van der Waals surface area contributed by atoms with E-state index in [1.165, 1.54) is 18.7 Å². The number of amides is 1. The summed E-state index contributed by atoms with van der Waals surface area (Å²) >= 11 is 1.45. The summed E-state index contributed by atoms with van der Waals surface area (Å²) in [5.74, 6) is 0.854. The lowest BCUT2D eigenvalue weighted by Crippen LogP contribution is -2.36. The Morgan fingerprint density at radius 3 is 2.80 bits per heavy atom. The molecule has 1 aromatic heterocycles. The third kappa shape index (κ3) is 3.48. The maximum atomic E-state index is 12.8. The molecule has 2 aromatic carbocycles. The summed E-state index contributed by atoms with van der Waals surface area (Å²) in [6.45, 7) is 5.44. The number of anilines is 1. The predicted molar refractivity (Wildman–Crippen MR) is 114 cm³/mol.